The maximum atomic E-state index is 2.52. The minimum atomic E-state index is 1.21. The molecule has 0 saturated heterocycles. The summed E-state index contributed by atoms with van der Waals surface area (Å²) in [7, 11) is 0. The number of rotatable bonds is 5. The van der Waals surface area contributed by atoms with Gasteiger partial charge in [0.15, 0.2) is 0 Å². The zero-order valence-corrected chi connectivity index (χ0v) is 36.7. The van der Waals surface area contributed by atoms with Crippen molar-refractivity contribution in [3.8, 4) is 50.2 Å². The zero-order valence-electron chi connectivity index (χ0n) is 35.9. The topological polar surface area (TPSA) is 4.93 Å². The van der Waals surface area contributed by atoms with E-state index in [9.17, 15) is 0 Å². The van der Waals surface area contributed by atoms with Gasteiger partial charge in [-0.25, -0.2) is 0 Å². The smallest absolute Gasteiger partial charge is 0.0619 e. The van der Waals surface area contributed by atoms with Crippen molar-refractivity contribution in [3.05, 3.63) is 237 Å². The van der Waals surface area contributed by atoms with Crippen molar-refractivity contribution < 1.29 is 0 Å². The predicted octanol–water partition coefficient (Wildman–Crippen LogP) is 18.4. The first-order chi connectivity index (χ1) is 32.8. The van der Waals surface area contributed by atoms with Crippen molar-refractivity contribution in [1.29, 1.82) is 0 Å². The van der Waals surface area contributed by atoms with Gasteiger partial charge in [-0.05, 0) is 113 Å². The van der Waals surface area contributed by atoms with E-state index in [2.05, 4.69) is 241 Å². The molecule has 2 aromatic heterocycles. The number of para-hydroxylation sites is 1. The summed E-state index contributed by atoms with van der Waals surface area (Å²) < 4.78 is 5.11. The molecule has 14 aromatic rings. The Labute approximate surface area is 385 Å². The number of benzene rings is 12. The summed E-state index contributed by atoms with van der Waals surface area (Å²) in [4.78, 5) is 0. The van der Waals surface area contributed by atoms with Gasteiger partial charge in [-0.2, -0.15) is 0 Å². The van der Waals surface area contributed by atoms with Gasteiger partial charge in [0, 0.05) is 41.7 Å². The Kier molecular flexibility index (Phi) is 8.22. The van der Waals surface area contributed by atoms with Gasteiger partial charge in [0.1, 0.15) is 0 Å². The fraction of sp³-hybridized carbons (Fsp3) is 0. The first-order valence-corrected chi connectivity index (χ1v) is 23.6. The molecule has 0 aliphatic heterocycles. The molecule has 12 aromatic carbocycles. The van der Waals surface area contributed by atoms with Crippen LogP contribution in [0.5, 0.6) is 0 Å². The monoisotopic (exact) mass is 853 g/mol. The molecule has 306 valence electrons. The molecule has 66 heavy (non-hydrogen) atoms. The third-order valence-electron chi connectivity index (χ3n) is 13.9. The second kappa shape index (κ2) is 14.6. The van der Waals surface area contributed by atoms with Gasteiger partial charge < -0.3 is 4.57 Å². The molecule has 2 heterocycles. The van der Waals surface area contributed by atoms with E-state index in [0.717, 1.165) is 0 Å². The van der Waals surface area contributed by atoms with E-state index < -0.39 is 0 Å². The molecule has 0 aliphatic rings. The Hall–Kier alpha value is -8.30. The van der Waals surface area contributed by atoms with Gasteiger partial charge in [0.25, 0.3) is 0 Å². The summed E-state index contributed by atoms with van der Waals surface area (Å²) in [5, 5.41) is 15.2. The van der Waals surface area contributed by atoms with E-state index in [1.807, 2.05) is 11.3 Å². The standard InChI is InChI=1S/C64H39NS/c1-3-17-40(18-4-1)42-32-35-58-55(37-42)45-21-15-16-30-57(45)65(58)64-53-28-13-11-26-51(53)62(52-27-12-14-29-54(52)64)43-33-36-59-56(38-43)46-34-31-44(39-60(46)66-59)63-49-24-9-7-22-47(49)61(41-19-5-2-6-20-41)48-23-8-10-25-50(48)63/h1-39H. The van der Waals surface area contributed by atoms with E-state index in [-0.39, 0.29) is 0 Å². The minimum Gasteiger partial charge on any atom is -0.308 e. The predicted molar refractivity (Wildman–Crippen MR) is 285 cm³/mol. The SMILES string of the molecule is c1ccc(-c2ccc3c(c2)c2ccccc2n3-c2c3ccccc3c(-c3ccc4sc5cc(-c6c7ccccc7c(-c7ccccc7)c7ccccc67)ccc5c4c3)c3ccccc23)cc1. The van der Waals surface area contributed by atoms with Crippen molar-refractivity contribution in [1.82, 2.24) is 4.57 Å². The minimum absolute atomic E-state index is 1.21. The highest BCUT2D eigenvalue weighted by Gasteiger charge is 2.22. The second-order valence-corrected chi connectivity index (χ2v) is 18.6. The van der Waals surface area contributed by atoms with Crippen LogP contribution in [0, 0.1) is 0 Å². The number of aromatic nitrogens is 1. The summed E-state index contributed by atoms with van der Waals surface area (Å²) in [6, 6.07) is 87.7. The van der Waals surface area contributed by atoms with Gasteiger partial charge >= 0.3 is 0 Å². The highest BCUT2D eigenvalue weighted by atomic mass is 32.1. The zero-order chi connectivity index (χ0) is 43.3. The van der Waals surface area contributed by atoms with Crippen LogP contribution in [0.25, 0.3) is 135 Å². The Morgan fingerprint density at radius 1 is 0.227 bits per heavy atom. The lowest BCUT2D eigenvalue weighted by Gasteiger charge is -2.19. The Balaban J connectivity index is 0.963. The van der Waals surface area contributed by atoms with E-state index in [4.69, 9.17) is 0 Å². The van der Waals surface area contributed by atoms with Crippen LogP contribution in [0.15, 0.2) is 237 Å². The summed E-state index contributed by atoms with van der Waals surface area (Å²) >= 11 is 1.89. The Morgan fingerprint density at radius 3 is 1.26 bits per heavy atom. The summed E-state index contributed by atoms with van der Waals surface area (Å²) in [6.07, 6.45) is 0. The van der Waals surface area contributed by atoms with Crippen LogP contribution in [0.2, 0.25) is 0 Å². The van der Waals surface area contributed by atoms with Crippen LogP contribution in [0.3, 0.4) is 0 Å². The van der Waals surface area contributed by atoms with Crippen LogP contribution in [0.4, 0.5) is 0 Å². The first kappa shape index (κ1) is 37.1. The second-order valence-electron chi connectivity index (χ2n) is 17.5. The van der Waals surface area contributed by atoms with Crippen LogP contribution >= 0.6 is 11.3 Å². The van der Waals surface area contributed by atoms with Crippen molar-refractivity contribution in [2.45, 2.75) is 0 Å². The van der Waals surface area contributed by atoms with Crippen LogP contribution < -0.4 is 0 Å². The first-order valence-electron chi connectivity index (χ1n) is 22.8. The molecule has 0 bridgehead atoms. The van der Waals surface area contributed by atoms with E-state index in [1.54, 1.807) is 0 Å². The maximum absolute atomic E-state index is 2.52. The van der Waals surface area contributed by atoms with E-state index in [1.165, 1.54) is 135 Å². The van der Waals surface area contributed by atoms with Gasteiger partial charge in [-0.15, -0.1) is 11.3 Å². The van der Waals surface area contributed by atoms with Crippen molar-refractivity contribution >= 4 is 96.4 Å². The average Bonchev–Trinajstić information content (AvgIpc) is 3.92. The third-order valence-corrected chi connectivity index (χ3v) is 15.1. The van der Waals surface area contributed by atoms with Crippen molar-refractivity contribution in [2.24, 2.45) is 0 Å². The molecule has 0 fully saturated rings. The van der Waals surface area contributed by atoms with Gasteiger partial charge in [-0.3, -0.25) is 0 Å². The normalized spacial score (nSPS) is 11.9. The summed E-state index contributed by atoms with van der Waals surface area (Å²) in [5.74, 6) is 0. The van der Waals surface area contributed by atoms with E-state index >= 15 is 0 Å². The highest BCUT2D eigenvalue weighted by molar-refractivity contribution is 7.25. The van der Waals surface area contributed by atoms with Crippen LogP contribution in [-0.2, 0) is 0 Å². The van der Waals surface area contributed by atoms with Gasteiger partial charge in [-0.1, -0.05) is 200 Å². The third kappa shape index (κ3) is 5.52. The molecule has 0 radical (unpaired) electrons. The molecule has 0 amide bonds. The number of thiophene rings is 1. The molecule has 0 unspecified atom stereocenters. The molecular weight excluding hydrogens is 815 g/mol. The lowest BCUT2D eigenvalue weighted by molar-refractivity contribution is 1.21. The fourth-order valence-corrected chi connectivity index (χ4v) is 12.3. The fourth-order valence-electron chi connectivity index (χ4n) is 11.1. The van der Waals surface area contributed by atoms with Crippen molar-refractivity contribution in [2.75, 3.05) is 0 Å². The van der Waals surface area contributed by atoms with Gasteiger partial charge in [0.2, 0.25) is 0 Å². The number of hydrogen-bond acceptors (Lipinski definition) is 1. The summed E-state index contributed by atoms with van der Waals surface area (Å²) in [5.41, 5.74) is 13.7. The molecular formula is C64H39NS. The van der Waals surface area contributed by atoms with Crippen molar-refractivity contribution in [3.63, 3.8) is 0 Å². The van der Waals surface area contributed by atoms with Crippen LogP contribution in [-0.4, -0.2) is 4.57 Å². The number of hydrogen-bond donors (Lipinski definition) is 0. The average molecular weight is 854 g/mol. The molecule has 0 atom stereocenters. The lowest BCUT2D eigenvalue weighted by atomic mass is 9.86. The highest BCUT2D eigenvalue weighted by Crippen LogP contribution is 2.48. The summed E-state index contributed by atoms with van der Waals surface area (Å²) in [6.45, 7) is 0. The van der Waals surface area contributed by atoms with Gasteiger partial charge in [0.05, 0.1) is 16.7 Å². The number of nitrogens with zero attached hydrogens (tertiary/aromatic N) is 1. The molecule has 0 N–H and O–H groups in total. The molecule has 2 heteroatoms. The van der Waals surface area contributed by atoms with E-state index in [0.29, 0.717) is 0 Å². The molecule has 0 aliphatic carbocycles. The number of fused-ring (bicyclic) bond motifs is 10. The quantitative estimate of drug-likeness (QED) is 0.152. The maximum Gasteiger partial charge on any atom is 0.0619 e. The Morgan fingerprint density at radius 2 is 0.652 bits per heavy atom. The lowest BCUT2D eigenvalue weighted by Crippen LogP contribution is -1.99. The van der Waals surface area contributed by atoms with Crippen LogP contribution in [0.1, 0.15) is 0 Å². The molecule has 0 spiro atoms. The molecule has 1 nitrogen and oxygen atoms in total. The largest absolute Gasteiger partial charge is 0.308 e. The molecule has 0 saturated carbocycles. The molecule has 14 rings (SSSR count). The Bertz CT molecular complexity index is 4160.